The first kappa shape index (κ1) is 14.8. The predicted octanol–water partition coefficient (Wildman–Crippen LogP) is 4.66. The Balaban J connectivity index is 2.22. The zero-order valence-corrected chi connectivity index (χ0v) is 12.5. The van der Waals surface area contributed by atoms with Gasteiger partial charge in [0.15, 0.2) is 11.6 Å². The predicted molar refractivity (Wildman–Crippen MR) is 77.9 cm³/mol. The van der Waals surface area contributed by atoms with E-state index in [9.17, 15) is 9.59 Å². The van der Waals surface area contributed by atoms with E-state index >= 15 is 0 Å². The van der Waals surface area contributed by atoms with E-state index < -0.39 is 0 Å². The van der Waals surface area contributed by atoms with Crippen LogP contribution in [0.3, 0.4) is 0 Å². The van der Waals surface area contributed by atoms with Crippen LogP contribution in [0.5, 0.6) is 0 Å². The number of carbonyl (C=O) groups excluding carboxylic acids is 2. The van der Waals surface area contributed by atoms with Gasteiger partial charge in [-0.05, 0) is 32.0 Å². The minimum absolute atomic E-state index is 0.173. The Labute approximate surface area is 126 Å². The first-order valence-corrected chi connectivity index (χ1v) is 6.73. The van der Waals surface area contributed by atoms with Gasteiger partial charge in [0.1, 0.15) is 11.5 Å². The second-order valence-corrected chi connectivity index (χ2v) is 5.24. The normalized spacial score (nSPS) is 10.6. The highest BCUT2D eigenvalue weighted by atomic mass is 35.5. The summed E-state index contributed by atoms with van der Waals surface area (Å²) in [5.74, 6) is 0.498. The fourth-order valence-electron chi connectivity index (χ4n) is 1.96. The highest BCUT2D eigenvalue weighted by Gasteiger charge is 2.20. The molecule has 0 N–H and O–H groups in total. The van der Waals surface area contributed by atoms with Gasteiger partial charge in [-0.25, -0.2) is 0 Å². The standard InChI is InChI=1S/C15H12Cl2O3/c1-8-6-11(9(2)20-8)14(19)7-13(18)10-4-3-5-12(16)15(10)17/h3-6H,7H2,1-2H3. The Morgan fingerprint density at radius 2 is 1.75 bits per heavy atom. The molecule has 0 spiro atoms. The van der Waals surface area contributed by atoms with Crippen molar-refractivity contribution in [1.29, 1.82) is 0 Å². The number of Topliss-reactive ketones (excluding diaryl/α,β-unsaturated/α-hetero) is 2. The molecule has 0 saturated carbocycles. The molecular weight excluding hydrogens is 299 g/mol. The molecule has 104 valence electrons. The lowest BCUT2D eigenvalue weighted by Gasteiger charge is -2.04. The minimum Gasteiger partial charge on any atom is -0.466 e. The third-order valence-corrected chi connectivity index (χ3v) is 3.73. The third-order valence-electron chi connectivity index (χ3n) is 2.91. The lowest BCUT2D eigenvalue weighted by molar-refractivity contribution is 0.0893. The second-order valence-electron chi connectivity index (χ2n) is 4.45. The second kappa shape index (κ2) is 5.81. The van der Waals surface area contributed by atoms with E-state index in [-0.39, 0.29) is 28.6 Å². The summed E-state index contributed by atoms with van der Waals surface area (Å²) in [6.07, 6.45) is -0.264. The number of ketones is 2. The summed E-state index contributed by atoms with van der Waals surface area (Å²) >= 11 is 11.8. The Bertz CT molecular complexity index is 686. The van der Waals surface area contributed by atoms with Gasteiger partial charge in [0.2, 0.25) is 0 Å². The van der Waals surface area contributed by atoms with Crippen LogP contribution in [0.15, 0.2) is 28.7 Å². The zero-order chi connectivity index (χ0) is 14.9. The van der Waals surface area contributed by atoms with Crippen LogP contribution >= 0.6 is 23.2 Å². The molecule has 0 atom stereocenters. The van der Waals surface area contributed by atoms with Crippen LogP contribution in [0.1, 0.15) is 38.7 Å². The van der Waals surface area contributed by atoms with Crippen molar-refractivity contribution < 1.29 is 14.0 Å². The van der Waals surface area contributed by atoms with Gasteiger partial charge >= 0.3 is 0 Å². The molecule has 0 unspecified atom stereocenters. The van der Waals surface area contributed by atoms with Gasteiger partial charge in [-0.1, -0.05) is 29.3 Å². The molecule has 3 nitrogen and oxygen atoms in total. The number of rotatable bonds is 4. The van der Waals surface area contributed by atoms with Crippen molar-refractivity contribution in [3.8, 4) is 0 Å². The summed E-state index contributed by atoms with van der Waals surface area (Å²) in [7, 11) is 0. The molecular formula is C15H12Cl2O3. The van der Waals surface area contributed by atoms with E-state index in [0.29, 0.717) is 22.1 Å². The molecule has 0 radical (unpaired) electrons. The van der Waals surface area contributed by atoms with Crippen LogP contribution < -0.4 is 0 Å². The van der Waals surface area contributed by atoms with Gasteiger partial charge in [-0.3, -0.25) is 9.59 Å². The molecule has 0 saturated heterocycles. The van der Waals surface area contributed by atoms with Crippen molar-refractivity contribution in [1.82, 2.24) is 0 Å². The number of aryl methyl sites for hydroxylation is 2. The Morgan fingerprint density at radius 1 is 1.10 bits per heavy atom. The number of hydrogen-bond donors (Lipinski definition) is 0. The smallest absolute Gasteiger partial charge is 0.174 e. The first-order chi connectivity index (χ1) is 9.40. The third kappa shape index (κ3) is 2.94. The summed E-state index contributed by atoms with van der Waals surface area (Å²) in [5.41, 5.74) is 0.680. The number of benzene rings is 1. The molecule has 2 rings (SSSR count). The van der Waals surface area contributed by atoms with E-state index in [0.717, 1.165) is 0 Å². The van der Waals surface area contributed by atoms with Gasteiger partial charge in [-0.15, -0.1) is 0 Å². The summed E-state index contributed by atoms with van der Waals surface area (Å²) in [6.45, 7) is 3.44. The summed E-state index contributed by atoms with van der Waals surface area (Å²) in [4.78, 5) is 24.2. The molecule has 2 aromatic rings. The molecule has 0 aliphatic carbocycles. The van der Waals surface area contributed by atoms with Crippen LogP contribution in [0.4, 0.5) is 0 Å². The van der Waals surface area contributed by atoms with Crippen molar-refractivity contribution in [3.05, 3.63) is 57.0 Å². The minimum atomic E-state index is -0.360. The lowest BCUT2D eigenvalue weighted by Crippen LogP contribution is -2.09. The highest BCUT2D eigenvalue weighted by Crippen LogP contribution is 2.27. The number of hydrogen-bond acceptors (Lipinski definition) is 3. The molecule has 0 fully saturated rings. The molecule has 0 aliphatic heterocycles. The number of carbonyl (C=O) groups is 2. The van der Waals surface area contributed by atoms with Gasteiger partial charge in [0.25, 0.3) is 0 Å². The maximum absolute atomic E-state index is 12.1. The molecule has 20 heavy (non-hydrogen) atoms. The molecule has 1 aromatic carbocycles. The van der Waals surface area contributed by atoms with Crippen molar-refractivity contribution in [2.75, 3.05) is 0 Å². The van der Waals surface area contributed by atoms with Crippen molar-refractivity contribution >= 4 is 34.8 Å². The summed E-state index contributed by atoms with van der Waals surface area (Å²) in [5, 5.41) is 0.465. The van der Waals surface area contributed by atoms with Crippen LogP contribution in [0.2, 0.25) is 10.0 Å². The Hall–Kier alpha value is -1.58. The zero-order valence-electron chi connectivity index (χ0n) is 11.0. The Kier molecular flexibility index (Phi) is 4.31. The molecule has 0 bridgehead atoms. The average molecular weight is 311 g/mol. The van der Waals surface area contributed by atoms with Gasteiger partial charge in [0.05, 0.1) is 22.0 Å². The van der Waals surface area contributed by atoms with Crippen LogP contribution in [0, 0.1) is 13.8 Å². The topological polar surface area (TPSA) is 47.3 Å². The van der Waals surface area contributed by atoms with E-state index in [1.165, 1.54) is 0 Å². The largest absolute Gasteiger partial charge is 0.466 e. The maximum Gasteiger partial charge on any atom is 0.174 e. The van der Waals surface area contributed by atoms with Crippen LogP contribution in [-0.4, -0.2) is 11.6 Å². The SMILES string of the molecule is Cc1cc(C(=O)CC(=O)c2cccc(Cl)c2Cl)c(C)o1. The van der Waals surface area contributed by atoms with E-state index in [1.54, 1.807) is 38.1 Å². The lowest BCUT2D eigenvalue weighted by atomic mass is 10.0. The van der Waals surface area contributed by atoms with E-state index in [4.69, 9.17) is 27.6 Å². The monoisotopic (exact) mass is 310 g/mol. The molecule has 0 aliphatic rings. The van der Waals surface area contributed by atoms with E-state index in [1.807, 2.05) is 0 Å². The maximum atomic E-state index is 12.1. The van der Waals surface area contributed by atoms with Crippen LogP contribution in [-0.2, 0) is 0 Å². The molecule has 5 heteroatoms. The van der Waals surface area contributed by atoms with Crippen molar-refractivity contribution in [2.45, 2.75) is 20.3 Å². The summed E-state index contributed by atoms with van der Waals surface area (Å²) < 4.78 is 5.29. The number of furan rings is 1. The highest BCUT2D eigenvalue weighted by molar-refractivity contribution is 6.44. The van der Waals surface area contributed by atoms with Crippen molar-refractivity contribution in [3.63, 3.8) is 0 Å². The first-order valence-electron chi connectivity index (χ1n) is 5.97. The van der Waals surface area contributed by atoms with Gasteiger partial charge in [0, 0.05) is 5.56 Å². The quantitative estimate of drug-likeness (QED) is 0.609. The summed E-state index contributed by atoms with van der Waals surface area (Å²) in [6, 6.07) is 6.40. The fourth-order valence-corrected chi connectivity index (χ4v) is 2.37. The molecule has 0 amide bonds. The van der Waals surface area contributed by atoms with Crippen molar-refractivity contribution in [2.24, 2.45) is 0 Å². The fraction of sp³-hybridized carbons (Fsp3) is 0.200. The number of halogens is 2. The Morgan fingerprint density at radius 3 is 2.35 bits per heavy atom. The van der Waals surface area contributed by atoms with Crippen LogP contribution in [0.25, 0.3) is 0 Å². The van der Waals surface area contributed by atoms with E-state index in [2.05, 4.69) is 0 Å². The molecule has 1 heterocycles. The van der Waals surface area contributed by atoms with Gasteiger partial charge in [-0.2, -0.15) is 0 Å². The average Bonchev–Trinajstić information content (AvgIpc) is 2.71. The van der Waals surface area contributed by atoms with Gasteiger partial charge < -0.3 is 4.42 Å². The molecule has 1 aromatic heterocycles.